The van der Waals surface area contributed by atoms with Gasteiger partial charge in [-0.25, -0.2) is 9.78 Å². The van der Waals surface area contributed by atoms with Gasteiger partial charge in [0.2, 0.25) is 0 Å². The Kier molecular flexibility index (Phi) is 3.66. The molecule has 0 aromatic carbocycles. The minimum atomic E-state index is -4.98. The summed E-state index contributed by atoms with van der Waals surface area (Å²) < 4.78 is 40.0. The van der Waals surface area contributed by atoms with Crippen molar-refractivity contribution in [1.82, 2.24) is 4.98 Å². The van der Waals surface area contributed by atoms with Gasteiger partial charge in [0.25, 0.3) is 0 Å². The monoisotopic (exact) mass is 248 g/mol. The molecule has 0 saturated heterocycles. The molecule has 0 unspecified atom stereocenters. The van der Waals surface area contributed by atoms with Crippen LogP contribution in [0.1, 0.15) is 10.4 Å². The Labute approximate surface area is 93.6 Å². The van der Waals surface area contributed by atoms with Gasteiger partial charge in [-0.1, -0.05) is 0 Å². The third-order valence-electron chi connectivity index (χ3n) is 1.68. The number of amides is 1. The predicted octanol–water partition coefficient (Wildman–Crippen LogP) is 1.37. The van der Waals surface area contributed by atoms with E-state index in [1.807, 2.05) is 0 Å². The highest BCUT2D eigenvalue weighted by Crippen LogP contribution is 2.17. The Hall–Kier alpha value is -2.12. The molecule has 0 aliphatic rings. The molecule has 1 amide bonds. The molecule has 1 N–H and O–H groups in total. The van der Waals surface area contributed by atoms with E-state index in [1.54, 1.807) is 0 Å². The molecule has 1 heterocycles. The molecule has 0 spiro atoms. The first kappa shape index (κ1) is 12.9. The van der Waals surface area contributed by atoms with Crippen molar-refractivity contribution in [1.29, 1.82) is 0 Å². The number of methoxy groups -OCH3 is 1. The first-order valence-corrected chi connectivity index (χ1v) is 4.27. The average molecular weight is 248 g/mol. The molecule has 1 aromatic rings. The van der Waals surface area contributed by atoms with Crippen LogP contribution in [0, 0.1) is 0 Å². The van der Waals surface area contributed by atoms with Gasteiger partial charge in [-0.05, 0) is 12.1 Å². The number of anilines is 1. The van der Waals surface area contributed by atoms with Crippen molar-refractivity contribution in [3.05, 3.63) is 23.9 Å². The number of pyridine rings is 1. The van der Waals surface area contributed by atoms with Gasteiger partial charge in [-0.15, -0.1) is 0 Å². The Morgan fingerprint density at radius 1 is 1.35 bits per heavy atom. The topological polar surface area (TPSA) is 68.3 Å². The number of alkyl halides is 3. The van der Waals surface area contributed by atoms with E-state index >= 15 is 0 Å². The molecule has 0 saturated carbocycles. The number of halogens is 3. The van der Waals surface area contributed by atoms with Gasteiger partial charge in [0.1, 0.15) is 5.82 Å². The molecule has 5 nitrogen and oxygen atoms in total. The molecule has 1 aromatic heterocycles. The number of hydrogen-bond donors (Lipinski definition) is 1. The molecule has 1 rings (SSSR count). The summed E-state index contributed by atoms with van der Waals surface area (Å²) in [6, 6.07) is 2.25. The van der Waals surface area contributed by atoms with Gasteiger partial charge < -0.3 is 10.1 Å². The number of carbonyl (C=O) groups excluding carboxylic acids is 2. The number of nitrogens with one attached hydrogen (secondary N) is 1. The Morgan fingerprint density at radius 2 is 2.00 bits per heavy atom. The highest BCUT2D eigenvalue weighted by atomic mass is 19.4. The third kappa shape index (κ3) is 3.44. The molecule has 0 radical (unpaired) electrons. The quantitative estimate of drug-likeness (QED) is 0.802. The zero-order valence-corrected chi connectivity index (χ0v) is 8.54. The predicted molar refractivity (Wildman–Crippen MR) is 50.3 cm³/mol. The van der Waals surface area contributed by atoms with Gasteiger partial charge in [0.15, 0.2) is 0 Å². The van der Waals surface area contributed by atoms with Crippen LogP contribution in [0.3, 0.4) is 0 Å². The highest BCUT2D eigenvalue weighted by Gasteiger charge is 2.38. The van der Waals surface area contributed by atoms with Crippen molar-refractivity contribution in [2.75, 3.05) is 12.4 Å². The first-order valence-electron chi connectivity index (χ1n) is 4.27. The van der Waals surface area contributed by atoms with E-state index in [4.69, 9.17) is 0 Å². The number of hydrogen-bond acceptors (Lipinski definition) is 4. The van der Waals surface area contributed by atoms with Crippen molar-refractivity contribution in [3.8, 4) is 0 Å². The van der Waals surface area contributed by atoms with Gasteiger partial charge >= 0.3 is 18.1 Å². The summed E-state index contributed by atoms with van der Waals surface area (Å²) in [6.07, 6.45) is -3.99. The molecular formula is C9H7F3N2O3. The lowest BCUT2D eigenvalue weighted by molar-refractivity contribution is -0.167. The van der Waals surface area contributed by atoms with Crippen LogP contribution < -0.4 is 5.32 Å². The van der Waals surface area contributed by atoms with Gasteiger partial charge in [0, 0.05) is 6.20 Å². The SMILES string of the molecule is COC(=O)c1ccc(NC(=O)C(F)(F)F)nc1. The van der Waals surface area contributed by atoms with Gasteiger partial charge in [-0.2, -0.15) is 13.2 Å². The van der Waals surface area contributed by atoms with Crippen molar-refractivity contribution in [2.45, 2.75) is 6.18 Å². The second kappa shape index (κ2) is 4.81. The second-order valence-electron chi connectivity index (χ2n) is 2.88. The number of rotatable bonds is 2. The zero-order chi connectivity index (χ0) is 13.1. The summed E-state index contributed by atoms with van der Waals surface area (Å²) in [6.45, 7) is 0. The lowest BCUT2D eigenvalue weighted by Gasteiger charge is -2.07. The number of nitrogens with zero attached hydrogens (tertiary/aromatic N) is 1. The van der Waals surface area contributed by atoms with Crippen LogP contribution in [0.4, 0.5) is 19.0 Å². The van der Waals surface area contributed by atoms with Gasteiger partial charge in [-0.3, -0.25) is 4.79 Å². The van der Waals surface area contributed by atoms with E-state index < -0.39 is 18.1 Å². The number of carbonyl (C=O) groups is 2. The molecular weight excluding hydrogens is 241 g/mol. The van der Waals surface area contributed by atoms with Gasteiger partial charge in [0.05, 0.1) is 12.7 Å². The lowest BCUT2D eigenvalue weighted by atomic mass is 10.3. The fraction of sp³-hybridized carbons (Fsp3) is 0.222. The highest BCUT2D eigenvalue weighted by molar-refractivity contribution is 5.94. The molecule has 0 aliphatic heterocycles. The summed E-state index contributed by atoms with van der Waals surface area (Å²) in [4.78, 5) is 25.0. The van der Waals surface area contributed by atoms with Crippen molar-refractivity contribution in [3.63, 3.8) is 0 Å². The van der Waals surface area contributed by atoms with E-state index in [-0.39, 0.29) is 11.4 Å². The fourth-order valence-electron chi connectivity index (χ4n) is 0.894. The Bertz CT molecular complexity index is 428. The third-order valence-corrected chi connectivity index (χ3v) is 1.68. The van der Waals surface area contributed by atoms with Crippen LogP contribution >= 0.6 is 0 Å². The minimum absolute atomic E-state index is 0.0671. The van der Waals surface area contributed by atoms with Crippen molar-refractivity contribution < 1.29 is 27.5 Å². The largest absolute Gasteiger partial charge is 0.471 e. The summed E-state index contributed by atoms with van der Waals surface area (Å²) in [5.74, 6) is -3.11. The Morgan fingerprint density at radius 3 is 2.41 bits per heavy atom. The van der Waals surface area contributed by atoms with E-state index in [1.165, 1.54) is 11.4 Å². The van der Waals surface area contributed by atoms with Crippen molar-refractivity contribution >= 4 is 17.7 Å². The number of aromatic nitrogens is 1. The van der Waals surface area contributed by atoms with Crippen LogP contribution in [0.5, 0.6) is 0 Å². The molecule has 17 heavy (non-hydrogen) atoms. The molecule has 0 atom stereocenters. The smallest absolute Gasteiger partial charge is 0.465 e. The summed E-state index contributed by atoms with van der Waals surface area (Å²) in [7, 11) is 1.15. The summed E-state index contributed by atoms with van der Waals surface area (Å²) >= 11 is 0. The van der Waals surface area contributed by atoms with E-state index in [2.05, 4.69) is 9.72 Å². The zero-order valence-electron chi connectivity index (χ0n) is 8.54. The number of esters is 1. The maximum Gasteiger partial charge on any atom is 0.471 e. The van der Waals surface area contributed by atoms with E-state index in [0.717, 1.165) is 19.4 Å². The van der Waals surface area contributed by atoms with Crippen LogP contribution in [-0.2, 0) is 9.53 Å². The standard InChI is InChI=1S/C9H7F3N2O3/c1-17-7(15)5-2-3-6(13-4-5)14-8(16)9(10,11)12/h2-4H,1H3,(H,13,14,16). The molecule has 0 fully saturated rings. The maximum absolute atomic E-state index is 11.9. The lowest BCUT2D eigenvalue weighted by Crippen LogP contribution is -2.30. The molecule has 0 bridgehead atoms. The average Bonchev–Trinajstić information content (AvgIpc) is 2.27. The maximum atomic E-state index is 11.9. The van der Waals surface area contributed by atoms with E-state index in [9.17, 15) is 22.8 Å². The number of ether oxygens (including phenoxy) is 1. The van der Waals surface area contributed by atoms with Crippen LogP contribution in [-0.4, -0.2) is 30.1 Å². The minimum Gasteiger partial charge on any atom is -0.465 e. The summed E-state index contributed by atoms with van der Waals surface area (Å²) in [5.41, 5.74) is 0.0671. The van der Waals surface area contributed by atoms with Crippen LogP contribution in [0.15, 0.2) is 18.3 Å². The normalized spacial score (nSPS) is 10.8. The van der Waals surface area contributed by atoms with Crippen molar-refractivity contribution in [2.24, 2.45) is 0 Å². The fourth-order valence-corrected chi connectivity index (χ4v) is 0.894. The van der Waals surface area contributed by atoms with Crippen LogP contribution in [0.25, 0.3) is 0 Å². The van der Waals surface area contributed by atoms with E-state index in [0.29, 0.717) is 0 Å². The second-order valence-corrected chi connectivity index (χ2v) is 2.88. The van der Waals surface area contributed by atoms with Crippen LogP contribution in [0.2, 0.25) is 0 Å². The molecule has 8 heteroatoms. The summed E-state index contributed by atoms with van der Waals surface area (Å²) in [5, 5.41) is 1.54. The first-order chi connectivity index (χ1) is 7.84. The molecule has 92 valence electrons. The Balaban J connectivity index is 2.76. The molecule has 0 aliphatic carbocycles.